The monoisotopic (exact) mass is 250 g/mol. The van der Waals surface area contributed by atoms with E-state index in [4.69, 9.17) is 5.11 Å². The lowest BCUT2D eigenvalue weighted by molar-refractivity contribution is 0.256. The molecule has 96 valence electrons. The van der Waals surface area contributed by atoms with E-state index in [1.54, 1.807) is 6.92 Å². The van der Waals surface area contributed by atoms with Crippen LogP contribution in [0.4, 0.5) is 0 Å². The summed E-state index contributed by atoms with van der Waals surface area (Å²) in [5.41, 5.74) is 0. The molecule has 1 aliphatic heterocycles. The number of likely N-dealkylation sites (N-methyl/N-ethyl adjacent to an activating group) is 1. The highest BCUT2D eigenvalue weighted by Gasteiger charge is 2.25. The lowest BCUT2D eigenvalue weighted by atomic mass is 10.0. The van der Waals surface area contributed by atoms with E-state index in [2.05, 4.69) is 5.32 Å². The van der Waals surface area contributed by atoms with Gasteiger partial charge in [0, 0.05) is 13.1 Å². The first kappa shape index (κ1) is 13.9. The molecule has 0 bridgehead atoms. The molecule has 1 unspecified atom stereocenters. The number of rotatable bonds is 6. The van der Waals surface area contributed by atoms with Crippen LogP contribution in [-0.2, 0) is 10.0 Å². The molecule has 0 aliphatic carbocycles. The molecule has 1 aliphatic rings. The van der Waals surface area contributed by atoms with Gasteiger partial charge in [-0.25, -0.2) is 8.42 Å². The minimum Gasteiger partial charge on any atom is -0.395 e. The van der Waals surface area contributed by atoms with Crippen molar-refractivity contribution in [1.29, 1.82) is 0 Å². The lowest BCUT2D eigenvalue weighted by Crippen LogP contribution is -2.40. The van der Waals surface area contributed by atoms with Crippen molar-refractivity contribution >= 4 is 10.0 Å². The summed E-state index contributed by atoms with van der Waals surface area (Å²) < 4.78 is 25.4. The second-order valence-electron chi connectivity index (χ2n) is 4.21. The molecule has 0 aromatic heterocycles. The third-order valence-electron chi connectivity index (χ3n) is 2.94. The smallest absolute Gasteiger partial charge is 0.214 e. The average Bonchev–Trinajstić information content (AvgIpc) is 2.26. The largest absolute Gasteiger partial charge is 0.395 e. The normalized spacial score (nSPS) is 22.6. The predicted molar refractivity (Wildman–Crippen MR) is 63.7 cm³/mol. The molecule has 5 nitrogen and oxygen atoms in total. The van der Waals surface area contributed by atoms with Crippen LogP contribution in [0.5, 0.6) is 0 Å². The van der Waals surface area contributed by atoms with Crippen molar-refractivity contribution in [2.75, 3.05) is 38.5 Å². The van der Waals surface area contributed by atoms with Gasteiger partial charge in [-0.2, -0.15) is 4.31 Å². The zero-order chi connectivity index (χ0) is 12.0. The minimum atomic E-state index is -3.20. The molecule has 0 aromatic rings. The highest BCUT2D eigenvalue weighted by atomic mass is 32.2. The zero-order valence-corrected chi connectivity index (χ0v) is 10.7. The Morgan fingerprint density at radius 1 is 1.50 bits per heavy atom. The summed E-state index contributed by atoms with van der Waals surface area (Å²) in [6, 6.07) is 0. The van der Waals surface area contributed by atoms with E-state index in [0.29, 0.717) is 6.54 Å². The molecule has 1 rings (SSSR count). The van der Waals surface area contributed by atoms with Crippen LogP contribution in [0, 0.1) is 5.92 Å². The van der Waals surface area contributed by atoms with E-state index in [9.17, 15) is 8.42 Å². The van der Waals surface area contributed by atoms with Crippen LogP contribution in [0.3, 0.4) is 0 Å². The summed E-state index contributed by atoms with van der Waals surface area (Å²) in [4.78, 5) is 0. The van der Waals surface area contributed by atoms with Crippen molar-refractivity contribution in [2.45, 2.75) is 19.8 Å². The molecule has 0 saturated carbocycles. The molecule has 6 heteroatoms. The Labute approximate surface area is 97.9 Å². The Kier molecular flexibility index (Phi) is 5.68. The highest BCUT2D eigenvalue weighted by Crippen LogP contribution is 2.14. The fourth-order valence-electron chi connectivity index (χ4n) is 2.07. The number of nitrogens with zero attached hydrogens (tertiary/aromatic N) is 1. The summed E-state index contributed by atoms with van der Waals surface area (Å²) in [5.74, 6) is 0.417. The minimum absolute atomic E-state index is 0.115. The fraction of sp³-hybridized carbons (Fsp3) is 1.00. The Balaban J connectivity index is 2.54. The van der Waals surface area contributed by atoms with E-state index in [1.807, 2.05) is 0 Å². The molecular weight excluding hydrogens is 228 g/mol. The van der Waals surface area contributed by atoms with Crippen LogP contribution in [-0.4, -0.2) is 56.4 Å². The van der Waals surface area contributed by atoms with Gasteiger partial charge in [0.05, 0.1) is 12.4 Å². The maximum absolute atomic E-state index is 12.0. The number of hydrogen-bond donors (Lipinski definition) is 2. The zero-order valence-electron chi connectivity index (χ0n) is 9.85. The molecule has 16 heavy (non-hydrogen) atoms. The van der Waals surface area contributed by atoms with Gasteiger partial charge in [0.25, 0.3) is 0 Å². The number of hydrogen-bond acceptors (Lipinski definition) is 4. The summed E-state index contributed by atoms with van der Waals surface area (Å²) in [6.07, 6.45) is 2.02. The fourth-order valence-corrected chi connectivity index (χ4v) is 3.92. The van der Waals surface area contributed by atoms with Gasteiger partial charge in [-0.1, -0.05) is 6.92 Å². The van der Waals surface area contributed by atoms with Crippen LogP contribution < -0.4 is 5.32 Å². The molecule has 0 amide bonds. The Morgan fingerprint density at radius 3 is 2.75 bits per heavy atom. The summed E-state index contributed by atoms with van der Waals surface area (Å²) in [6.45, 7) is 4.10. The van der Waals surface area contributed by atoms with Crippen molar-refractivity contribution < 1.29 is 13.5 Å². The molecule has 1 fully saturated rings. The second-order valence-corrected chi connectivity index (χ2v) is 6.22. The van der Waals surface area contributed by atoms with Gasteiger partial charge in [0.15, 0.2) is 0 Å². The molecule has 1 saturated heterocycles. The van der Waals surface area contributed by atoms with Crippen LogP contribution >= 0.6 is 0 Å². The van der Waals surface area contributed by atoms with E-state index >= 15 is 0 Å². The first-order valence-corrected chi connectivity index (χ1v) is 7.50. The van der Waals surface area contributed by atoms with Crippen molar-refractivity contribution in [3.05, 3.63) is 0 Å². The van der Waals surface area contributed by atoms with Gasteiger partial charge in [-0.15, -0.1) is 0 Å². The Morgan fingerprint density at radius 2 is 2.25 bits per heavy atom. The van der Waals surface area contributed by atoms with Crippen molar-refractivity contribution in [1.82, 2.24) is 9.62 Å². The molecule has 0 radical (unpaired) electrons. The molecule has 0 spiro atoms. The van der Waals surface area contributed by atoms with Crippen LogP contribution in [0.25, 0.3) is 0 Å². The summed E-state index contributed by atoms with van der Waals surface area (Å²) in [5, 5.41) is 12.0. The van der Waals surface area contributed by atoms with Crippen molar-refractivity contribution in [2.24, 2.45) is 5.92 Å². The lowest BCUT2D eigenvalue weighted by Gasteiger charge is -2.26. The molecule has 0 aromatic carbocycles. The first-order valence-electron chi connectivity index (χ1n) is 5.89. The number of aliphatic hydroxyl groups is 1. The Bertz CT molecular complexity index is 286. The van der Waals surface area contributed by atoms with Gasteiger partial charge in [0.1, 0.15) is 0 Å². The molecule has 1 heterocycles. The van der Waals surface area contributed by atoms with Crippen LogP contribution in [0.2, 0.25) is 0 Å². The number of nitrogens with one attached hydrogen (secondary N) is 1. The average molecular weight is 250 g/mol. The molecule has 2 N–H and O–H groups in total. The number of aliphatic hydroxyl groups excluding tert-OH is 1. The molecule has 1 atom stereocenters. The van der Waals surface area contributed by atoms with E-state index in [-0.39, 0.29) is 24.8 Å². The predicted octanol–water partition coefficient (Wildman–Crippen LogP) is -0.370. The second kappa shape index (κ2) is 6.54. The van der Waals surface area contributed by atoms with Gasteiger partial charge >= 0.3 is 0 Å². The summed E-state index contributed by atoms with van der Waals surface area (Å²) >= 11 is 0. The van der Waals surface area contributed by atoms with Crippen molar-refractivity contribution in [3.63, 3.8) is 0 Å². The van der Waals surface area contributed by atoms with Gasteiger partial charge in [-0.05, 0) is 31.8 Å². The summed E-state index contributed by atoms with van der Waals surface area (Å²) in [7, 11) is -3.20. The molecular formula is C10H22N2O3S. The first-order chi connectivity index (χ1) is 7.60. The maximum atomic E-state index is 12.0. The van der Waals surface area contributed by atoms with Gasteiger partial charge in [0.2, 0.25) is 10.0 Å². The van der Waals surface area contributed by atoms with Crippen molar-refractivity contribution in [3.8, 4) is 0 Å². The van der Waals surface area contributed by atoms with Gasteiger partial charge < -0.3 is 10.4 Å². The van der Waals surface area contributed by atoms with Crippen LogP contribution in [0.15, 0.2) is 0 Å². The Hall–Kier alpha value is -0.170. The van der Waals surface area contributed by atoms with E-state index in [1.165, 1.54) is 4.31 Å². The van der Waals surface area contributed by atoms with Crippen LogP contribution in [0.1, 0.15) is 19.8 Å². The maximum Gasteiger partial charge on any atom is 0.214 e. The van der Waals surface area contributed by atoms with E-state index in [0.717, 1.165) is 25.9 Å². The van der Waals surface area contributed by atoms with E-state index < -0.39 is 10.0 Å². The SMILES string of the molecule is CCN(CCO)S(=O)(=O)CC1CCCNC1. The quantitative estimate of drug-likeness (QED) is 0.675. The number of sulfonamides is 1. The third kappa shape index (κ3) is 4.01. The van der Waals surface area contributed by atoms with Gasteiger partial charge in [-0.3, -0.25) is 0 Å². The number of piperidine rings is 1. The standard InChI is InChI=1S/C10H22N2O3S/c1-2-12(6-7-13)16(14,15)9-10-4-3-5-11-8-10/h10-11,13H,2-9H2,1H3. The third-order valence-corrected chi connectivity index (χ3v) is 5.06. The highest BCUT2D eigenvalue weighted by molar-refractivity contribution is 7.89. The topological polar surface area (TPSA) is 69.6 Å².